The van der Waals surface area contributed by atoms with Crippen LogP contribution < -0.4 is 15.8 Å². The van der Waals surface area contributed by atoms with Crippen LogP contribution >= 0.6 is 11.3 Å². The van der Waals surface area contributed by atoms with Gasteiger partial charge in [-0.2, -0.15) is 0 Å². The maximum atomic E-state index is 12.7. The van der Waals surface area contributed by atoms with E-state index in [1.807, 2.05) is 41.7 Å². The van der Waals surface area contributed by atoms with Crippen molar-refractivity contribution < 1.29 is 9.53 Å². The van der Waals surface area contributed by atoms with Crippen LogP contribution in [0, 0.1) is 0 Å². The lowest BCUT2D eigenvalue weighted by Gasteiger charge is -2.19. The molecule has 0 spiro atoms. The summed E-state index contributed by atoms with van der Waals surface area (Å²) in [6.45, 7) is 0.816. The van der Waals surface area contributed by atoms with Gasteiger partial charge >= 0.3 is 0 Å². The number of aryl methyl sites for hydroxylation is 2. The van der Waals surface area contributed by atoms with E-state index >= 15 is 0 Å². The number of thiophene rings is 1. The van der Waals surface area contributed by atoms with Gasteiger partial charge in [-0.25, -0.2) is 0 Å². The molecule has 5 rings (SSSR count). The van der Waals surface area contributed by atoms with Gasteiger partial charge in [-0.05, 0) is 60.4 Å². The predicted molar refractivity (Wildman–Crippen MR) is 141 cm³/mol. The van der Waals surface area contributed by atoms with Crippen molar-refractivity contribution in [3.8, 4) is 5.75 Å². The number of nitrogens with two attached hydrogens (primary N) is 1. The largest absolute Gasteiger partial charge is 0.492 e. The number of nitrogens with one attached hydrogen (secondary N) is 1. The highest BCUT2D eigenvalue weighted by atomic mass is 32.1. The molecule has 3 N–H and O–H groups in total. The SMILES string of the molecule is Nc1cccc(C(=O)CNC(CCOc2cccc3c4c(sc23)CCCC4)c2ccccc2)c1. The van der Waals surface area contributed by atoms with E-state index in [0.717, 1.165) is 17.7 Å². The third kappa shape index (κ3) is 5.01. The first-order chi connectivity index (χ1) is 16.7. The molecule has 1 aliphatic rings. The van der Waals surface area contributed by atoms with Gasteiger partial charge in [0.25, 0.3) is 0 Å². The molecule has 0 amide bonds. The minimum atomic E-state index is 0.0157. The topological polar surface area (TPSA) is 64.4 Å². The summed E-state index contributed by atoms with van der Waals surface area (Å²) >= 11 is 1.90. The van der Waals surface area contributed by atoms with E-state index in [2.05, 4.69) is 35.6 Å². The molecule has 0 bridgehead atoms. The van der Waals surface area contributed by atoms with Gasteiger partial charge in [0.15, 0.2) is 5.78 Å². The third-order valence-electron chi connectivity index (χ3n) is 6.53. The van der Waals surface area contributed by atoms with Gasteiger partial charge in [0.2, 0.25) is 0 Å². The van der Waals surface area contributed by atoms with Gasteiger partial charge in [-0.15, -0.1) is 11.3 Å². The zero-order valence-corrected chi connectivity index (χ0v) is 20.1. The van der Waals surface area contributed by atoms with Crippen LogP contribution in [0.1, 0.15) is 51.7 Å². The number of anilines is 1. The number of rotatable bonds is 9. The van der Waals surface area contributed by atoms with Crippen molar-refractivity contribution in [2.75, 3.05) is 18.9 Å². The van der Waals surface area contributed by atoms with E-state index in [4.69, 9.17) is 10.5 Å². The second kappa shape index (κ2) is 10.4. The lowest BCUT2D eigenvalue weighted by Crippen LogP contribution is -2.29. The molecule has 0 saturated carbocycles. The van der Waals surface area contributed by atoms with Crippen molar-refractivity contribution in [1.29, 1.82) is 0 Å². The van der Waals surface area contributed by atoms with E-state index < -0.39 is 0 Å². The molecule has 34 heavy (non-hydrogen) atoms. The fourth-order valence-electron chi connectivity index (χ4n) is 4.76. The molecule has 0 aliphatic heterocycles. The summed E-state index contributed by atoms with van der Waals surface area (Å²) in [7, 11) is 0. The summed E-state index contributed by atoms with van der Waals surface area (Å²) in [6.07, 6.45) is 5.70. The normalized spacial score (nSPS) is 14.0. The first kappa shape index (κ1) is 22.6. The van der Waals surface area contributed by atoms with Crippen molar-refractivity contribution in [2.45, 2.75) is 38.1 Å². The average molecular weight is 471 g/mol. The quantitative estimate of drug-likeness (QED) is 0.221. The number of nitrogen functional groups attached to an aromatic ring is 1. The molecule has 1 aliphatic carbocycles. The monoisotopic (exact) mass is 470 g/mol. The van der Waals surface area contributed by atoms with E-state index in [9.17, 15) is 4.79 Å². The van der Waals surface area contributed by atoms with Crippen LogP contribution in [0.25, 0.3) is 10.1 Å². The summed E-state index contributed by atoms with van der Waals surface area (Å²) < 4.78 is 7.60. The molecule has 4 aromatic rings. The Hall–Kier alpha value is -3.15. The maximum absolute atomic E-state index is 12.7. The van der Waals surface area contributed by atoms with Gasteiger partial charge in [-0.3, -0.25) is 4.79 Å². The molecule has 3 aromatic carbocycles. The van der Waals surface area contributed by atoms with Crippen molar-refractivity contribution in [3.05, 3.63) is 94.4 Å². The smallest absolute Gasteiger partial charge is 0.176 e. The van der Waals surface area contributed by atoms with Gasteiger partial charge in [-0.1, -0.05) is 54.6 Å². The summed E-state index contributed by atoms with van der Waals surface area (Å²) in [5.74, 6) is 1.00. The Bertz CT molecular complexity index is 1280. The molecular weight excluding hydrogens is 440 g/mol. The van der Waals surface area contributed by atoms with Gasteiger partial charge in [0.05, 0.1) is 17.9 Å². The number of ether oxygens (including phenoxy) is 1. The van der Waals surface area contributed by atoms with Crippen molar-refractivity contribution >= 4 is 32.9 Å². The number of Topliss-reactive ketones (excluding diaryl/α,β-unsaturated/α-hetero) is 1. The highest BCUT2D eigenvalue weighted by molar-refractivity contribution is 7.19. The Morgan fingerprint density at radius 2 is 1.82 bits per heavy atom. The van der Waals surface area contributed by atoms with Crippen LogP contribution in [0.2, 0.25) is 0 Å². The molecule has 1 heterocycles. The van der Waals surface area contributed by atoms with Crippen LogP contribution in [-0.4, -0.2) is 18.9 Å². The van der Waals surface area contributed by atoms with Gasteiger partial charge < -0.3 is 15.8 Å². The summed E-state index contributed by atoms with van der Waals surface area (Å²) in [4.78, 5) is 14.3. The molecule has 4 nitrogen and oxygen atoms in total. The van der Waals surface area contributed by atoms with Crippen molar-refractivity contribution in [2.24, 2.45) is 0 Å². The van der Waals surface area contributed by atoms with E-state index in [1.165, 1.54) is 46.2 Å². The maximum Gasteiger partial charge on any atom is 0.176 e. The van der Waals surface area contributed by atoms with Gasteiger partial charge in [0.1, 0.15) is 5.75 Å². The molecule has 1 unspecified atom stereocenters. The highest BCUT2D eigenvalue weighted by Gasteiger charge is 2.19. The number of ketones is 1. The Balaban J connectivity index is 1.27. The Morgan fingerprint density at radius 3 is 2.68 bits per heavy atom. The molecule has 1 atom stereocenters. The second-order valence-electron chi connectivity index (χ2n) is 8.87. The fraction of sp³-hybridized carbons (Fsp3) is 0.276. The summed E-state index contributed by atoms with van der Waals surface area (Å²) in [5, 5.41) is 4.81. The minimum absolute atomic E-state index is 0.0157. The Morgan fingerprint density at radius 1 is 1.00 bits per heavy atom. The summed E-state index contributed by atoms with van der Waals surface area (Å²) in [6, 6.07) is 23.8. The molecule has 0 radical (unpaired) electrons. The van der Waals surface area contributed by atoms with E-state index in [0.29, 0.717) is 17.9 Å². The molecular formula is C29H30N2O2S. The number of hydrogen-bond donors (Lipinski definition) is 2. The minimum Gasteiger partial charge on any atom is -0.492 e. The molecule has 1 aromatic heterocycles. The third-order valence-corrected chi connectivity index (χ3v) is 7.85. The number of hydrogen-bond acceptors (Lipinski definition) is 5. The predicted octanol–water partition coefficient (Wildman–Crippen LogP) is 6.35. The Kier molecular flexibility index (Phi) is 6.93. The molecule has 0 saturated heterocycles. The fourth-order valence-corrected chi connectivity index (χ4v) is 6.12. The van der Waals surface area contributed by atoms with Crippen molar-refractivity contribution in [3.63, 3.8) is 0 Å². The first-order valence-electron chi connectivity index (χ1n) is 12.0. The van der Waals surface area contributed by atoms with Crippen LogP contribution in [0.3, 0.4) is 0 Å². The van der Waals surface area contributed by atoms with Crippen LogP contribution in [0.5, 0.6) is 5.75 Å². The highest BCUT2D eigenvalue weighted by Crippen LogP contribution is 2.40. The van der Waals surface area contributed by atoms with Crippen LogP contribution in [-0.2, 0) is 12.8 Å². The second-order valence-corrected chi connectivity index (χ2v) is 9.98. The molecule has 0 fully saturated rings. The molecule has 174 valence electrons. The van der Waals surface area contributed by atoms with E-state index in [1.54, 1.807) is 12.1 Å². The summed E-state index contributed by atoms with van der Waals surface area (Å²) in [5.41, 5.74) is 9.75. The number of carbonyl (C=O) groups excluding carboxylic acids is 1. The van der Waals surface area contributed by atoms with Crippen molar-refractivity contribution in [1.82, 2.24) is 5.32 Å². The van der Waals surface area contributed by atoms with Crippen LogP contribution in [0.15, 0.2) is 72.8 Å². The number of benzene rings is 3. The number of fused-ring (bicyclic) bond motifs is 3. The number of carbonyl (C=O) groups is 1. The lowest BCUT2D eigenvalue weighted by atomic mass is 9.96. The van der Waals surface area contributed by atoms with E-state index in [-0.39, 0.29) is 18.4 Å². The average Bonchev–Trinajstić information content (AvgIpc) is 3.26. The first-order valence-corrected chi connectivity index (χ1v) is 12.8. The zero-order valence-electron chi connectivity index (χ0n) is 19.3. The lowest BCUT2D eigenvalue weighted by molar-refractivity contribution is 0.0985. The van der Waals surface area contributed by atoms with Crippen LogP contribution in [0.4, 0.5) is 5.69 Å². The van der Waals surface area contributed by atoms with Gasteiger partial charge in [0, 0.05) is 28.6 Å². The zero-order chi connectivity index (χ0) is 23.3. The molecule has 5 heteroatoms. The standard InChI is InChI=1S/C29H30N2O2S/c30-22-11-6-10-21(18-22)26(32)19-31-25(20-8-2-1-3-9-20)16-17-33-27-14-7-13-24-23-12-4-5-15-28(23)34-29(24)27/h1-3,6-11,13-14,18,25,31H,4-5,12,15-17,19,30H2. The Labute approximate surface area is 204 Å².